The SMILES string of the molecule is Cc1ccc(C(C)NC(C)CS(C)=O)c(O)c1. The fraction of sp³-hybridized carbons (Fsp3) is 0.538. The number of nitrogens with one attached hydrogen (secondary N) is 1. The van der Waals surface area contributed by atoms with Crippen molar-refractivity contribution in [2.24, 2.45) is 0 Å². The van der Waals surface area contributed by atoms with Gasteiger partial charge in [-0.2, -0.15) is 0 Å². The van der Waals surface area contributed by atoms with Crippen LogP contribution in [0.1, 0.15) is 31.0 Å². The van der Waals surface area contributed by atoms with Gasteiger partial charge in [0.2, 0.25) is 0 Å². The molecule has 0 radical (unpaired) electrons. The van der Waals surface area contributed by atoms with Gasteiger partial charge in [-0.1, -0.05) is 12.1 Å². The van der Waals surface area contributed by atoms with Crippen LogP contribution in [0.25, 0.3) is 0 Å². The van der Waals surface area contributed by atoms with Crippen molar-refractivity contribution in [3.63, 3.8) is 0 Å². The number of phenols is 1. The van der Waals surface area contributed by atoms with Crippen LogP contribution in [0.5, 0.6) is 5.75 Å². The van der Waals surface area contributed by atoms with Crippen LogP contribution in [0.15, 0.2) is 18.2 Å². The first kappa shape index (κ1) is 14.2. The Morgan fingerprint density at radius 1 is 1.41 bits per heavy atom. The maximum Gasteiger partial charge on any atom is 0.120 e. The van der Waals surface area contributed by atoms with Gasteiger partial charge in [0.05, 0.1) is 0 Å². The van der Waals surface area contributed by atoms with Gasteiger partial charge in [0.1, 0.15) is 5.75 Å². The first-order valence-electron chi connectivity index (χ1n) is 5.75. The molecule has 0 aliphatic carbocycles. The van der Waals surface area contributed by atoms with Crippen molar-refractivity contribution in [3.05, 3.63) is 29.3 Å². The van der Waals surface area contributed by atoms with Crippen molar-refractivity contribution in [2.75, 3.05) is 12.0 Å². The van der Waals surface area contributed by atoms with Gasteiger partial charge in [-0.25, -0.2) is 0 Å². The lowest BCUT2D eigenvalue weighted by molar-refractivity contribution is 0.442. The number of aryl methyl sites for hydroxylation is 1. The second-order valence-electron chi connectivity index (χ2n) is 4.59. The van der Waals surface area contributed by atoms with Crippen molar-refractivity contribution in [2.45, 2.75) is 32.9 Å². The van der Waals surface area contributed by atoms with Crippen LogP contribution in [0.3, 0.4) is 0 Å². The second kappa shape index (κ2) is 6.17. The average molecular weight is 255 g/mol. The zero-order valence-corrected chi connectivity index (χ0v) is 11.7. The minimum absolute atomic E-state index is 0.0501. The maximum atomic E-state index is 11.1. The molecule has 0 heterocycles. The quantitative estimate of drug-likeness (QED) is 0.847. The highest BCUT2D eigenvalue weighted by atomic mass is 32.2. The molecule has 0 fully saturated rings. The van der Waals surface area contributed by atoms with E-state index < -0.39 is 10.8 Å². The summed E-state index contributed by atoms with van der Waals surface area (Å²) in [6, 6.07) is 5.88. The van der Waals surface area contributed by atoms with E-state index in [0.717, 1.165) is 11.1 Å². The Hall–Kier alpha value is -0.870. The monoisotopic (exact) mass is 255 g/mol. The number of phenolic OH excluding ortho intramolecular Hbond substituents is 1. The van der Waals surface area contributed by atoms with Gasteiger partial charge in [-0.05, 0) is 32.4 Å². The van der Waals surface area contributed by atoms with Gasteiger partial charge in [0.15, 0.2) is 0 Å². The zero-order chi connectivity index (χ0) is 13.0. The highest BCUT2D eigenvalue weighted by Gasteiger charge is 2.13. The van der Waals surface area contributed by atoms with Gasteiger partial charge < -0.3 is 10.4 Å². The summed E-state index contributed by atoms with van der Waals surface area (Å²) in [6.07, 6.45) is 1.70. The number of rotatable bonds is 5. The Morgan fingerprint density at radius 3 is 2.59 bits per heavy atom. The molecule has 3 unspecified atom stereocenters. The van der Waals surface area contributed by atoms with Crippen molar-refractivity contribution in [1.82, 2.24) is 5.32 Å². The summed E-state index contributed by atoms with van der Waals surface area (Å²) >= 11 is 0. The van der Waals surface area contributed by atoms with E-state index in [1.807, 2.05) is 32.9 Å². The predicted molar refractivity (Wildman–Crippen MR) is 72.8 cm³/mol. The van der Waals surface area contributed by atoms with E-state index in [0.29, 0.717) is 11.5 Å². The molecule has 1 aromatic carbocycles. The lowest BCUT2D eigenvalue weighted by Crippen LogP contribution is -2.33. The largest absolute Gasteiger partial charge is 0.508 e. The molecular weight excluding hydrogens is 234 g/mol. The molecule has 0 aromatic heterocycles. The third kappa shape index (κ3) is 4.48. The van der Waals surface area contributed by atoms with Crippen LogP contribution in [0.4, 0.5) is 0 Å². The summed E-state index contributed by atoms with van der Waals surface area (Å²) < 4.78 is 11.1. The molecular formula is C13H21NO2S. The Labute approximate surface area is 106 Å². The number of hydrogen-bond donors (Lipinski definition) is 2. The molecule has 96 valence electrons. The Morgan fingerprint density at radius 2 is 2.06 bits per heavy atom. The molecule has 3 atom stereocenters. The molecule has 0 aliphatic heterocycles. The zero-order valence-electron chi connectivity index (χ0n) is 10.9. The summed E-state index contributed by atoms with van der Waals surface area (Å²) in [5, 5.41) is 13.2. The van der Waals surface area contributed by atoms with E-state index in [1.54, 1.807) is 12.3 Å². The fourth-order valence-corrected chi connectivity index (χ4v) is 2.74. The van der Waals surface area contributed by atoms with E-state index in [4.69, 9.17) is 0 Å². The molecule has 4 heteroatoms. The lowest BCUT2D eigenvalue weighted by Gasteiger charge is -2.20. The highest BCUT2D eigenvalue weighted by Crippen LogP contribution is 2.25. The first-order valence-corrected chi connectivity index (χ1v) is 7.48. The molecule has 0 saturated heterocycles. The molecule has 1 aromatic rings. The summed E-state index contributed by atoms with van der Waals surface area (Å²) in [5.41, 5.74) is 1.92. The number of aromatic hydroxyl groups is 1. The predicted octanol–water partition coefficient (Wildman–Crippen LogP) is 2.12. The second-order valence-corrected chi connectivity index (χ2v) is 6.07. The van der Waals surface area contributed by atoms with Gasteiger partial charge in [0.25, 0.3) is 0 Å². The third-order valence-electron chi connectivity index (χ3n) is 2.67. The van der Waals surface area contributed by atoms with E-state index in [2.05, 4.69) is 5.32 Å². The fourth-order valence-electron chi connectivity index (χ4n) is 1.94. The summed E-state index contributed by atoms with van der Waals surface area (Å²) in [4.78, 5) is 0. The van der Waals surface area contributed by atoms with Gasteiger partial charge >= 0.3 is 0 Å². The lowest BCUT2D eigenvalue weighted by atomic mass is 10.0. The summed E-state index contributed by atoms with van der Waals surface area (Å²) in [7, 11) is -0.802. The van der Waals surface area contributed by atoms with Crippen LogP contribution >= 0.6 is 0 Å². The van der Waals surface area contributed by atoms with Crippen LogP contribution in [0.2, 0.25) is 0 Å². The van der Waals surface area contributed by atoms with E-state index >= 15 is 0 Å². The standard InChI is InChI=1S/C13H21NO2S/c1-9-5-6-12(13(15)7-9)11(3)14-10(2)8-17(4)16/h5-7,10-11,14-15H,8H2,1-4H3. The molecule has 0 saturated carbocycles. The topological polar surface area (TPSA) is 49.3 Å². The molecule has 17 heavy (non-hydrogen) atoms. The first-order chi connectivity index (χ1) is 7.90. The summed E-state index contributed by atoms with van der Waals surface area (Å²) in [5.74, 6) is 0.937. The minimum atomic E-state index is -0.802. The van der Waals surface area contributed by atoms with Gasteiger partial charge in [0, 0.05) is 40.5 Å². The molecule has 3 nitrogen and oxygen atoms in total. The molecule has 0 aliphatic rings. The van der Waals surface area contributed by atoms with Crippen molar-refractivity contribution >= 4 is 10.8 Å². The van der Waals surface area contributed by atoms with Gasteiger partial charge in [-0.15, -0.1) is 0 Å². The minimum Gasteiger partial charge on any atom is -0.508 e. The third-order valence-corrected chi connectivity index (χ3v) is 3.64. The summed E-state index contributed by atoms with van der Waals surface area (Å²) in [6.45, 7) is 5.95. The van der Waals surface area contributed by atoms with E-state index in [-0.39, 0.29) is 12.1 Å². The van der Waals surface area contributed by atoms with E-state index in [1.165, 1.54) is 0 Å². The van der Waals surface area contributed by atoms with Crippen molar-refractivity contribution in [3.8, 4) is 5.75 Å². The smallest absolute Gasteiger partial charge is 0.120 e. The van der Waals surface area contributed by atoms with Gasteiger partial charge in [-0.3, -0.25) is 4.21 Å². The Bertz CT molecular complexity index is 406. The highest BCUT2D eigenvalue weighted by molar-refractivity contribution is 7.84. The maximum absolute atomic E-state index is 11.1. The molecule has 1 rings (SSSR count). The average Bonchev–Trinajstić information content (AvgIpc) is 2.15. The number of benzene rings is 1. The molecule has 2 N–H and O–H groups in total. The van der Waals surface area contributed by atoms with Crippen LogP contribution in [0, 0.1) is 6.92 Å². The molecule has 0 spiro atoms. The molecule has 0 bridgehead atoms. The molecule has 0 amide bonds. The Kier molecular flexibility index (Phi) is 5.15. The van der Waals surface area contributed by atoms with Crippen LogP contribution in [-0.4, -0.2) is 27.4 Å². The van der Waals surface area contributed by atoms with Crippen molar-refractivity contribution < 1.29 is 9.32 Å². The van der Waals surface area contributed by atoms with Crippen LogP contribution in [-0.2, 0) is 10.8 Å². The van der Waals surface area contributed by atoms with Crippen molar-refractivity contribution in [1.29, 1.82) is 0 Å². The van der Waals surface area contributed by atoms with Crippen LogP contribution < -0.4 is 5.32 Å². The van der Waals surface area contributed by atoms with E-state index in [9.17, 15) is 9.32 Å². The normalized spacial score (nSPS) is 16.5. The number of hydrogen-bond acceptors (Lipinski definition) is 3. The Balaban J connectivity index is 2.69.